The molecular weight excluding hydrogens is 306 g/mol. The molecule has 2 aromatic rings. The van der Waals surface area contributed by atoms with Crippen LogP contribution in [0.3, 0.4) is 0 Å². The smallest absolute Gasteiger partial charge is 0.264 e. The Labute approximate surface area is 131 Å². The quantitative estimate of drug-likeness (QED) is 0.930. The van der Waals surface area contributed by atoms with Gasteiger partial charge in [0, 0.05) is 35.6 Å². The molecule has 1 N–H and O–H groups in total. The number of carbonyl (C=O) groups is 2. The standard InChI is InChI=1S/C14H17N3O2S2/c1-15-9-13(18)16-3-5-17(6-4-16)14(19)12-8-11-10(21-12)2-7-20-11/h2,7-8,15H,3-6,9H2,1H3. The number of carbonyl (C=O) groups excluding carboxylic acids is 2. The summed E-state index contributed by atoms with van der Waals surface area (Å²) in [7, 11) is 1.76. The van der Waals surface area contributed by atoms with Crippen molar-refractivity contribution in [1.29, 1.82) is 0 Å². The Balaban J connectivity index is 1.62. The molecule has 7 heteroatoms. The number of hydrogen-bond donors (Lipinski definition) is 1. The predicted octanol–water partition coefficient (Wildman–Crippen LogP) is 1.47. The van der Waals surface area contributed by atoms with E-state index < -0.39 is 0 Å². The van der Waals surface area contributed by atoms with Crippen LogP contribution in [0.5, 0.6) is 0 Å². The Hall–Kier alpha value is -1.44. The van der Waals surface area contributed by atoms with Crippen LogP contribution in [0.25, 0.3) is 9.40 Å². The lowest BCUT2D eigenvalue weighted by molar-refractivity contribution is -0.131. The van der Waals surface area contributed by atoms with Crippen LogP contribution in [0.2, 0.25) is 0 Å². The summed E-state index contributed by atoms with van der Waals surface area (Å²) in [6, 6.07) is 4.03. The Morgan fingerprint density at radius 2 is 1.90 bits per heavy atom. The summed E-state index contributed by atoms with van der Waals surface area (Å²) in [4.78, 5) is 28.7. The molecular formula is C14H17N3O2S2. The molecule has 0 aromatic carbocycles. The number of fused-ring (bicyclic) bond motifs is 1. The van der Waals surface area contributed by atoms with Gasteiger partial charge in [-0.1, -0.05) is 0 Å². The van der Waals surface area contributed by atoms with Gasteiger partial charge >= 0.3 is 0 Å². The first-order chi connectivity index (χ1) is 10.2. The molecule has 0 atom stereocenters. The SMILES string of the molecule is CNCC(=O)N1CCN(C(=O)c2cc3sccc3s2)CC1. The van der Waals surface area contributed by atoms with Crippen molar-refractivity contribution >= 4 is 43.9 Å². The summed E-state index contributed by atoms with van der Waals surface area (Å²) < 4.78 is 2.34. The lowest BCUT2D eigenvalue weighted by Gasteiger charge is -2.34. The number of hydrogen-bond acceptors (Lipinski definition) is 5. The number of amides is 2. The minimum atomic E-state index is 0.0871. The summed E-state index contributed by atoms with van der Waals surface area (Å²) in [6.07, 6.45) is 0. The number of rotatable bonds is 3. The highest BCUT2D eigenvalue weighted by atomic mass is 32.1. The molecule has 5 nitrogen and oxygen atoms in total. The summed E-state index contributed by atoms with van der Waals surface area (Å²) in [5.74, 6) is 0.186. The van der Waals surface area contributed by atoms with Gasteiger partial charge in [-0.3, -0.25) is 9.59 Å². The minimum absolute atomic E-state index is 0.0871. The summed E-state index contributed by atoms with van der Waals surface area (Å²) in [5.41, 5.74) is 0. The molecule has 112 valence electrons. The van der Waals surface area contributed by atoms with Gasteiger partial charge in [0.1, 0.15) is 0 Å². The summed E-state index contributed by atoms with van der Waals surface area (Å²) in [5, 5.41) is 4.91. The fraction of sp³-hybridized carbons (Fsp3) is 0.429. The van der Waals surface area contributed by atoms with E-state index in [1.807, 2.05) is 21.2 Å². The Kier molecular flexibility index (Phi) is 4.23. The summed E-state index contributed by atoms with van der Waals surface area (Å²) >= 11 is 3.21. The lowest BCUT2D eigenvalue weighted by atomic mass is 10.3. The second kappa shape index (κ2) is 6.13. The lowest BCUT2D eigenvalue weighted by Crippen LogP contribution is -2.52. The number of piperazine rings is 1. The maximum absolute atomic E-state index is 12.5. The molecule has 2 amide bonds. The Morgan fingerprint density at radius 3 is 2.57 bits per heavy atom. The van der Waals surface area contributed by atoms with E-state index in [2.05, 4.69) is 11.4 Å². The van der Waals surface area contributed by atoms with Crippen LogP contribution in [0.15, 0.2) is 17.5 Å². The van der Waals surface area contributed by atoms with E-state index in [0.717, 1.165) is 4.88 Å². The molecule has 3 heterocycles. The highest BCUT2D eigenvalue weighted by Crippen LogP contribution is 2.30. The van der Waals surface area contributed by atoms with Gasteiger partial charge in [-0.25, -0.2) is 0 Å². The normalized spacial score (nSPS) is 15.7. The third kappa shape index (κ3) is 2.95. The predicted molar refractivity (Wildman–Crippen MR) is 86.1 cm³/mol. The van der Waals surface area contributed by atoms with Gasteiger partial charge in [-0.15, -0.1) is 22.7 Å². The van der Waals surface area contributed by atoms with Gasteiger partial charge in [0.05, 0.1) is 11.4 Å². The van der Waals surface area contributed by atoms with E-state index in [9.17, 15) is 9.59 Å². The van der Waals surface area contributed by atoms with Crippen molar-refractivity contribution in [2.24, 2.45) is 0 Å². The maximum Gasteiger partial charge on any atom is 0.264 e. The zero-order valence-corrected chi connectivity index (χ0v) is 13.4. The maximum atomic E-state index is 12.5. The van der Waals surface area contributed by atoms with Crippen LogP contribution in [0.1, 0.15) is 9.67 Å². The molecule has 0 aliphatic carbocycles. The van der Waals surface area contributed by atoms with E-state index in [0.29, 0.717) is 32.7 Å². The van der Waals surface area contributed by atoms with Gasteiger partial charge in [0.15, 0.2) is 0 Å². The molecule has 0 saturated carbocycles. The van der Waals surface area contributed by atoms with Crippen LogP contribution in [0, 0.1) is 0 Å². The largest absolute Gasteiger partial charge is 0.338 e. The summed E-state index contributed by atoms with van der Waals surface area (Å²) in [6.45, 7) is 2.81. The van der Waals surface area contributed by atoms with Crippen LogP contribution < -0.4 is 5.32 Å². The number of nitrogens with zero attached hydrogens (tertiary/aromatic N) is 2. The highest BCUT2D eigenvalue weighted by molar-refractivity contribution is 7.27. The van der Waals surface area contributed by atoms with E-state index in [4.69, 9.17) is 0 Å². The van der Waals surface area contributed by atoms with E-state index in [-0.39, 0.29) is 11.8 Å². The second-order valence-corrected chi connectivity index (χ2v) is 6.99. The molecule has 0 bridgehead atoms. The first-order valence-corrected chi connectivity index (χ1v) is 8.57. The van der Waals surface area contributed by atoms with Crippen LogP contribution in [-0.4, -0.2) is 61.4 Å². The number of nitrogens with one attached hydrogen (secondary N) is 1. The van der Waals surface area contributed by atoms with Crippen molar-refractivity contribution in [2.45, 2.75) is 0 Å². The van der Waals surface area contributed by atoms with Crippen molar-refractivity contribution in [2.75, 3.05) is 39.8 Å². The van der Waals surface area contributed by atoms with Crippen molar-refractivity contribution in [3.8, 4) is 0 Å². The zero-order valence-electron chi connectivity index (χ0n) is 11.8. The van der Waals surface area contributed by atoms with Crippen molar-refractivity contribution in [3.05, 3.63) is 22.4 Å². The molecule has 1 saturated heterocycles. The van der Waals surface area contributed by atoms with Gasteiger partial charge in [0.2, 0.25) is 5.91 Å². The van der Waals surface area contributed by atoms with Crippen molar-refractivity contribution < 1.29 is 9.59 Å². The molecule has 21 heavy (non-hydrogen) atoms. The Morgan fingerprint density at radius 1 is 1.19 bits per heavy atom. The monoisotopic (exact) mass is 323 g/mol. The fourth-order valence-electron chi connectivity index (χ4n) is 2.45. The van der Waals surface area contributed by atoms with Gasteiger partial charge in [-0.2, -0.15) is 0 Å². The van der Waals surface area contributed by atoms with E-state index >= 15 is 0 Å². The van der Waals surface area contributed by atoms with Crippen LogP contribution in [-0.2, 0) is 4.79 Å². The van der Waals surface area contributed by atoms with Gasteiger partial charge in [-0.05, 0) is 24.6 Å². The van der Waals surface area contributed by atoms with Crippen molar-refractivity contribution in [1.82, 2.24) is 15.1 Å². The molecule has 1 fully saturated rings. The van der Waals surface area contributed by atoms with Crippen LogP contribution in [0.4, 0.5) is 0 Å². The van der Waals surface area contributed by atoms with Gasteiger partial charge in [0.25, 0.3) is 5.91 Å². The average Bonchev–Trinajstić information content (AvgIpc) is 3.08. The molecule has 1 aliphatic rings. The molecule has 1 aliphatic heterocycles. The number of likely N-dealkylation sites (N-methyl/N-ethyl adjacent to an activating group) is 1. The van der Waals surface area contributed by atoms with Crippen LogP contribution >= 0.6 is 22.7 Å². The molecule has 0 unspecified atom stereocenters. The van der Waals surface area contributed by atoms with Gasteiger partial charge < -0.3 is 15.1 Å². The highest BCUT2D eigenvalue weighted by Gasteiger charge is 2.25. The van der Waals surface area contributed by atoms with E-state index in [1.54, 1.807) is 29.7 Å². The third-order valence-electron chi connectivity index (χ3n) is 3.60. The molecule has 2 aromatic heterocycles. The average molecular weight is 323 g/mol. The van der Waals surface area contributed by atoms with E-state index in [1.165, 1.54) is 9.40 Å². The Bertz CT molecular complexity index is 628. The molecule has 0 radical (unpaired) electrons. The third-order valence-corrected chi connectivity index (χ3v) is 5.68. The topological polar surface area (TPSA) is 52.7 Å². The number of thiophene rings is 2. The van der Waals surface area contributed by atoms with Crippen molar-refractivity contribution in [3.63, 3.8) is 0 Å². The first-order valence-electron chi connectivity index (χ1n) is 6.87. The molecule has 3 rings (SSSR count). The molecule has 0 spiro atoms. The fourth-order valence-corrected chi connectivity index (χ4v) is 4.53. The second-order valence-electron chi connectivity index (χ2n) is 4.96. The minimum Gasteiger partial charge on any atom is -0.338 e. The zero-order chi connectivity index (χ0) is 14.8. The first kappa shape index (κ1) is 14.5.